The summed E-state index contributed by atoms with van der Waals surface area (Å²) < 4.78 is 5.12. The van der Waals surface area contributed by atoms with Gasteiger partial charge in [-0.3, -0.25) is 9.59 Å². The molecule has 3 rings (SSSR count). The van der Waals surface area contributed by atoms with Gasteiger partial charge >= 0.3 is 0 Å². The number of hydrogen-bond acceptors (Lipinski definition) is 4. The van der Waals surface area contributed by atoms with Crippen molar-refractivity contribution in [2.45, 2.75) is 32.6 Å². The van der Waals surface area contributed by atoms with Crippen molar-refractivity contribution in [3.05, 3.63) is 45.1 Å². The van der Waals surface area contributed by atoms with Crippen LogP contribution in [0.15, 0.2) is 30.3 Å². The number of methoxy groups -OCH3 is 1. The molecule has 1 saturated heterocycles. The Balaban J connectivity index is 1.49. The number of carbonyl (C=O) groups excluding carboxylic acids is 2. The number of amides is 2. The molecule has 0 spiro atoms. The van der Waals surface area contributed by atoms with E-state index in [9.17, 15) is 9.59 Å². The first-order valence-corrected chi connectivity index (χ1v) is 10.6. The van der Waals surface area contributed by atoms with Gasteiger partial charge in [0.05, 0.1) is 17.0 Å². The maximum Gasteiger partial charge on any atom is 0.263 e. The van der Waals surface area contributed by atoms with Gasteiger partial charge in [0.15, 0.2) is 0 Å². The second-order valence-corrected chi connectivity index (χ2v) is 8.80. The number of nitrogens with one attached hydrogen (secondary N) is 1. The van der Waals surface area contributed by atoms with Crippen molar-refractivity contribution in [3.63, 3.8) is 0 Å². The van der Waals surface area contributed by atoms with Crippen LogP contribution in [0.1, 0.15) is 40.2 Å². The molecule has 1 fully saturated rings. The fourth-order valence-electron chi connectivity index (χ4n) is 3.49. The molecule has 1 N–H and O–H groups in total. The van der Waals surface area contributed by atoms with E-state index in [1.54, 1.807) is 25.3 Å². The highest BCUT2D eigenvalue weighted by Gasteiger charge is 2.25. The predicted molar refractivity (Wildman–Crippen MR) is 114 cm³/mol. The lowest BCUT2D eigenvalue weighted by Gasteiger charge is -2.32. The number of benzene rings is 1. The quantitative estimate of drug-likeness (QED) is 0.716. The number of likely N-dealkylation sites (tertiary alicyclic amines) is 1. The summed E-state index contributed by atoms with van der Waals surface area (Å²) in [5.74, 6) is 0.996. The first kappa shape index (κ1) is 20.7. The molecule has 28 heavy (non-hydrogen) atoms. The van der Waals surface area contributed by atoms with Crippen molar-refractivity contribution in [3.8, 4) is 5.75 Å². The van der Waals surface area contributed by atoms with E-state index in [4.69, 9.17) is 16.3 Å². The average Bonchev–Trinajstić information content (AvgIpc) is 3.12. The summed E-state index contributed by atoms with van der Waals surface area (Å²) in [6.45, 7) is 3.52. The maximum atomic E-state index is 12.7. The van der Waals surface area contributed by atoms with E-state index in [1.165, 1.54) is 11.3 Å². The third kappa shape index (κ3) is 5.26. The molecule has 0 aliphatic carbocycles. The molecule has 0 bridgehead atoms. The maximum absolute atomic E-state index is 12.7. The molecule has 1 aliphatic rings. The molecule has 2 amide bonds. The number of rotatable bonds is 6. The number of piperidine rings is 1. The van der Waals surface area contributed by atoms with E-state index in [0.717, 1.165) is 42.1 Å². The van der Waals surface area contributed by atoms with Crippen molar-refractivity contribution in [2.75, 3.05) is 25.5 Å². The monoisotopic (exact) mass is 420 g/mol. The lowest BCUT2D eigenvalue weighted by Crippen LogP contribution is -2.39. The molecule has 1 aromatic carbocycles. The zero-order valence-electron chi connectivity index (χ0n) is 16.2. The highest BCUT2D eigenvalue weighted by Crippen LogP contribution is 2.28. The van der Waals surface area contributed by atoms with Gasteiger partial charge in [-0.1, -0.05) is 11.6 Å². The fraction of sp³-hybridized carbons (Fsp3) is 0.429. The van der Waals surface area contributed by atoms with Gasteiger partial charge in [-0.25, -0.2) is 0 Å². The van der Waals surface area contributed by atoms with Crippen LogP contribution in [0.3, 0.4) is 0 Å². The highest BCUT2D eigenvalue weighted by molar-refractivity contribution is 7.13. The summed E-state index contributed by atoms with van der Waals surface area (Å²) in [6, 6.07) is 9.07. The summed E-state index contributed by atoms with van der Waals surface area (Å²) >= 11 is 7.64. The molecule has 1 aromatic heterocycles. The minimum atomic E-state index is -0.0430. The van der Waals surface area contributed by atoms with Gasteiger partial charge < -0.3 is 15.0 Å². The lowest BCUT2D eigenvalue weighted by molar-refractivity contribution is -0.116. The lowest BCUT2D eigenvalue weighted by atomic mass is 9.93. The summed E-state index contributed by atoms with van der Waals surface area (Å²) in [7, 11) is 1.55. The third-order valence-electron chi connectivity index (χ3n) is 4.97. The first-order chi connectivity index (χ1) is 13.5. The second-order valence-electron chi connectivity index (χ2n) is 7.11. The Labute approximate surface area is 174 Å². The summed E-state index contributed by atoms with van der Waals surface area (Å²) in [5.41, 5.74) is 0.657. The largest absolute Gasteiger partial charge is 0.495 e. The van der Waals surface area contributed by atoms with Crippen LogP contribution in [0.2, 0.25) is 5.02 Å². The van der Waals surface area contributed by atoms with E-state index in [0.29, 0.717) is 28.8 Å². The summed E-state index contributed by atoms with van der Waals surface area (Å²) in [4.78, 5) is 28.8. The molecule has 1 atom stereocenters. The molecule has 1 aliphatic heterocycles. The first-order valence-electron chi connectivity index (χ1n) is 9.45. The summed E-state index contributed by atoms with van der Waals surface area (Å²) in [6.07, 6.45) is 3.22. The number of halogens is 1. The van der Waals surface area contributed by atoms with E-state index in [2.05, 4.69) is 5.32 Å². The minimum absolute atomic E-state index is 0.0430. The molecule has 5 nitrogen and oxygen atoms in total. The van der Waals surface area contributed by atoms with Crippen LogP contribution < -0.4 is 10.1 Å². The minimum Gasteiger partial charge on any atom is -0.495 e. The number of hydrogen-bond donors (Lipinski definition) is 1. The van der Waals surface area contributed by atoms with Gasteiger partial charge in [0.2, 0.25) is 5.91 Å². The molecule has 2 aromatic rings. The normalized spacial score (nSPS) is 16.7. The molecule has 150 valence electrons. The molecular formula is C21H25ClN2O3S. The molecular weight excluding hydrogens is 396 g/mol. The number of nitrogens with zero attached hydrogens (tertiary/aromatic N) is 1. The number of aryl methyl sites for hydroxylation is 1. The third-order valence-corrected chi connectivity index (χ3v) is 6.26. The molecule has 0 saturated carbocycles. The molecule has 0 unspecified atom stereocenters. The van der Waals surface area contributed by atoms with Crippen LogP contribution in [-0.4, -0.2) is 36.9 Å². The Morgan fingerprint density at radius 2 is 2.14 bits per heavy atom. The van der Waals surface area contributed by atoms with Crippen molar-refractivity contribution < 1.29 is 14.3 Å². The molecule has 2 heterocycles. The zero-order chi connectivity index (χ0) is 20.1. The number of thiophene rings is 1. The van der Waals surface area contributed by atoms with Crippen molar-refractivity contribution in [2.24, 2.45) is 5.92 Å². The molecule has 7 heteroatoms. The number of ether oxygens (including phenoxy) is 1. The zero-order valence-corrected chi connectivity index (χ0v) is 17.7. The van der Waals surface area contributed by atoms with Gasteiger partial charge in [-0.05, 0) is 62.4 Å². The molecule has 0 radical (unpaired) electrons. The fourth-order valence-corrected chi connectivity index (χ4v) is 4.59. The Morgan fingerprint density at radius 3 is 2.82 bits per heavy atom. The van der Waals surface area contributed by atoms with Gasteiger partial charge in [-0.2, -0.15) is 0 Å². The van der Waals surface area contributed by atoms with Gasteiger partial charge in [-0.15, -0.1) is 11.3 Å². The van der Waals surface area contributed by atoms with Crippen LogP contribution in [-0.2, 0) is 4.79 Å². The van der Waals surface area contributed by atoms with Crippen molar-refractivity contribution in [1.82, 2.24) is 4.90 Å². The van der Waals surface area contributed by atoms with E-state index in [-0.39, 0.29) is 11.8 Å². The second kappa shape index (κ2) is 9.43. The van der Waals surface area contributed by atoms with Crippen molar-refractivity contribution >= 4 is 40.4 Å². The Kier molecular flexibility index (Phi) is 6.97. The van der Waals surface area contributed by atoms with E-state index in [1.807, 2.05) is 24.0 Å². The van der Waals surface area contributed by atoms with Crippen LogP contribution in [0.4, 0.5) is 5.69 Å². The van der Waals surface area contributed by atoms with Crippen LogP contribution in [0.25, 0.3) is 0 Å². The van der Waals surface area contributed by atoms with E-state index >= 15 is 0 Å². The Hall–Kier alpha value is -2.05. The van der Waals surface area contributed by atoms with Gasteiger partial charge in [0.1, 0.15) is 5.75 Å². The topological polar surface area (TPSA) is 58.6 Å². The summed E-state index contributed by atoms with van der Waals surface area (Å²) in [5, 5.41) is 3.34. The van der Waals surface area contributed by atoms with E-state index < -0.39 is 0 Å². The average molecular weight is 421 g/mol. The highest BCUT2D eigenvalue weighted by atomic mass is 35.5. The van der Waals surface area contributed by atoms with Crippen LogP contribution in [0, 0.1) is 12.8 Å². The van der Waals surface area contributed by atoms with Gasteiger partial charge in [0, 0.05) is 30.1 Å². The predicted octanol–water partition coefficient (Wildman–Crippen LogP) is 4.99. The Bertz CT molecular complexity index is 852. The Morgan fingerprint density at radius 1 is 1.32 bits per heavy atom. The SMILES string of the molecule is COc1ccc(NC(=O)CC[C@@H]2CCCN(C(=O)c3ccc(C)s3)C2)cc1Cl. The number of anilines is 1. The van der Waals surface area contributed by atoms with Crippen molar-refractivity contribution in [1.29, 1.82) is 0 Å². The van der Waals surface area contributed by atoms with Crippen LogP contribution >= 0.6 is 22.9 Å². The standard InChI is InChI=1S/C21H25ClN2O3S/c1-14-5-9-19(28-14)21(26)24-11-3-4-15(13-24)6-10-20(25)23-16-7-8-18(27-2)17(22)12-16/h5,7-9,12,15H,3-4,6,10-11,13H2,1-2H3,(H,23,25)/t15-/m0/s1. The smallest absolute Gasteiger partial charge is 0.263 e. The van der Waals surface area contributed by atoms with Crippen LogP contribution in [0.5, 0.6) is 5.75 Å². The number of carbonyl (C=O) groups is 2. The van der Waals surface area contributed by atoms with Gasteiger partial charge in [0.25, 0.3) is 5.91 Å².